The SMILES string of the molecule is CC[C@H](C)c1ccc(NC(=O)COc2ccc(-c3ccccc3)cc2)cc1. The van der Waals surface area contributed by atoms with Crippen LogP contribution < -0.4 is 10.1 Å². The van der Waals surface area contributed by atoms with Crippen molar-refractivity contribution in [3.8, 4) is 16.9 Å². The molecule has 0 radical (unpaired) electrons. The average Bonchev–Trinajstić information content (AvgIpc) is 2.73. The molecule has 0 aromatic heterocycles. The zero-order chi connectivity index (χ0) is 19.1. The molecule has 27 heavy (non-hydrogen) atoms. The lowest BCUT2D eigenvalue weighted by molar-refractivity contribution is -0.118. The van der Waals surface area contributed by atoms with Gasteiger partial charge in [0.2, 0.25) is 0 Å². The molecule has 3 rings (SSSR count). The number of benzene rings is 3. The summed E-state index contributed by atoms with van der Waals surface area (Å²) in [6, 6.07) is 25.9. The van der Waals surface area contributed by atoms with E-state index in [1.54, 1.807) is 0 Å². The van der Waals surface area contributed by atoms with Crippen LogP contribution in [-0.2, 0) is 4.79 Å². The van der Waals surface area contributed by atoms with E-state index in [9.17, 15) is 4.79 Å². The van der Waals surface area contributed by atoms with E-state index in [0.29, 0.717) is 11.7 Å². The summed E-state index contributed by atoms with van der Waals surface area (Å²) < 4.78 is 5.60. The van der Waals surface area contributed by atoms with Gasteiger partial charge in [-0.15, -0.1) is 0 Å². The second-order valence-corrected chi connectivity index (χ2v) is 6.66. The molecule has 0 aliphatic carbocycles. The third-order valence-electron chi connectivity index (χ3n) is 4.71. The summed E-state index contributed by atoms with van der Waals surface area (Å²) in [5, 5.41) is 2.87. The highest BCUT2D eigenvalue weighted by Gasteiger charge is 2.06. The zero-order valence-electron chi connectivity index (χ0n) is 15.8. The molecule has 0 aliphatic heterocycles. The molecule has 3 nitrogen and oxygen atoms in total. The molecule has 0 aliphatic rings. The van der Waals surface area contributed by atoms with Crippen LogP contribution in [0.25, 0.3) is 11.1 Å². The van der Waals surface area contributed by atoms with Crippen molar-refractivity contribution < 1.29 is 9.53 Å². The van der Waals surface area contributed by atoms with Gasteiger partial charge in [0, 0.05) is 5.69 Å². The molecule has 0 unspecified atom stereocenters. The lowest BCUT2D eigenvalue weighted by Crippen LogP contribution is -2.20. The summed E-state index contributed by atoms with van der Waals surface area (Å²) in [5.41, 5.74) is 4.34. The van der Waals surface area contributed by atoms with Crippen LogP contribution >= 0.6 is 0 Å². The third kappa shape index (κ3) is 5.20. The Hall–Kier alpha value is -3.07. The van der Waals surface area contributed by atoms with Crippen LogP contribution in [-0.4, -0.2) is 12.5 Å². The Morgan fingerprint density at radius 2 is 1.52 bits per heavy atom. The van der Waals surface area contributed by atoms with Crippen molar-refractivity contribution in [2.45, 2.75) is 26.2 Å². The van der Waals surface area contributed by atoms with Gasteiger partial charge in [-0.05, 0) is 53.3 Å². The molecule has 138 valence electrons. The summed E-state index contributed by atoms with van der Waals surface area (Å²) in [7, 11) is 0. The molecule has 0 spiro atoms. The fourth-order valence-electron chi connectivity index (χ4n) is 2.85. The van der Waals surface area contributed by atoms with Crippen LogP contribution in [0.2, 0.25) is 0 Å². The predicted octanol–water partition coefficient (Wildman–Crippen LogP) is 5.88. The number of rotatable bonds is 7. The highest BCUT2D eigenvalue weighted by Crippen LogP contribution is 2.22. The van der Waals surface area contributed by atoms with Crippen molar-refractivity contribution in [2.75, 3.05) is 11.9 Å². The van der Waals surface area contributed by atoms with Gasteiger partial charge in [-0.2, -0.15) is 0 Å². The fourth-order valence-corrected chi connectivity index (χ4v) is 2.85. The molecule has 0 fully saturated rings. The van der Waals surface area contributed by atoms with Crippen molar-refractivity contribution in [1.29, 1.82) is 0 Å². The van der Waals surface area contributed by atoms with Gasteiger partial charge >= 0.3 is 0 Å². The number of hydrogen-bond acceptors (Lipinski definition) is 2. The highest BCUT2D eigenvalue weighted by atomic mass is 16.5. The molecule has 0 saturated carbocycles. The molecule has 3 aromatic rings. The average molecular weight is 359 g/mol. The molecule has 3 heteroatoms. The van der Waals surface area contributed by atoms with Gasteiger partial charge in [-0.1, -0.05) is 68.4 Å². The molecular weight excluding hydrogens is 334 g/mol. The molecule has 0 heterocycles. The first kappa shape index (κ1) is 18.7. The molecule has 1 atom stereocenters. The van der Waals surface area contributed by atoms with Crippen molar-refractivity contribution in [3.63, 3.8) is 0 Å². The van der Waals surface area contributed by atoms with E-state index >= 15 is 0 Å². The molecule has 1 N–H and O–H groups in total. The first-order chi connectivity index (χ1) is 13.2. The van der Waals surface area contributed by atoms with E-state index in [1.807, 2.05) is 54.6 Å². The van der Waals surface area contributed by atoms with Gasteiger partial charge in [0.05, 0.1) is 0 Å². The Morgan fingerprint density at radius 3 is 2.15 bits per heavy atom. The number of carbonyl (C=O) groups is 1. The lowest BCUT2D eigenvalue weighted by Gasteiger charge is -2.11. The number of amides is 1. The van der Waals surface area contributed by atoms with Gasteiger partial charge in [0.15, 0.2) is 6.61 Å². The van der Waals surface area contributed by atoms with Crippen LogP contribution in [0.1, 0.15) is 31.7 Å². The molecule has 1 amide bonds. The maximum Gasteiger partial charge on any atom is 0.262 e. The van der Waals surface area contributed by atoms with Crippen molar-refractivity contribution in [1.82, 2.24) is 0 Å². The van der Waals surface area contributed by atoms with Crippen molar-refractivity contribution in [3.05, 3.63) is 84.4 Å². The summed E-state index contributed by atoms with van der Waals surface area (Å²) in [5.74, 6) is 1.03. The van der Waals surface area contributed by atoms with E-state index in [4.69, 9.17) is 4.74 Å². The largest absolute Gasteiger partial charge is 0.484 e. The summed E-state index contributed by atoms with van der Waals surface area (Å²) in [4.78, 5) is 12.1. The number of hydrogen-bond donors (Lipinski definition) is 1. The second-order valence-electron chi connectivity index (χ2n) is 6.66. The van der Waals surface area contributed by atoms with Gasteiger partial charge in [0.25, 0.3) is 5.91 Å². The van der Waals surface area contributed by atoms with Crippen LogP contribution in [0.15, 0.2) is 78.9 Å². The second kappa shape index (κ2) is 9.04. The van der Waals surface area contributed by atoms with Crippen LogP contribution in [0.3, 0.4) is 0 Å². The topological polar surface area (TPSA) is 38.3 Å². The van der Waals surface area contributed by atoms with Gasteiger partial charge in [-0.25, -0.2) is 0 Å². The van der Waals surface area contributed by atoms with E-state index in [0.717, 1.165) is 23.2 Å². The minimum atomic E-state index is -0.168. The van der Waals surface area contributed by atoms with Crippen molar-refractivity contribution in [2.24, 2.45) is 0 Å². The van der Waals surface area contributed by atoms with Gasteiger partial charge in [-0.3, -0.25) is 4.79 Å². The number of carbonyl (C=O) groups excluding carboxylic acids is 1. The smallest absolute Gasteiger partial charge is 0.262 e. The minimum absolute atomic E-state index is 0.0161. The Morgan fingerprint density at radius 1 is 0.889 bits per heavy atom. The van der Waals surface area contributed by atoms with Crippen molar-refractivity contribution >= 4 is 11.6 Å². The standard InChI is InChI=1S/C24H25NO2/c1-3-18(2)19-9-13-22(14-10-19)25-24(26)17-27-23-15-11-21(12-16-23)20-7-5-4-6-8-20/h4-16,18H,3,17H2,1-2H3,(H,25,26)/t18-/m0/s1. The molecular formula is C24H25NO2. The first-order valence-electron chi connectivity index (χ1n) is 9.34. The van der Waals surface area contributed by atoms with Crippen LogP contribution in [0.4, 0.5) is 5.69 Å². The maximum absolute atomic E-state index is 12.1. The van der Waals surface area contributed by atoms with E-state index in [1.165, 1.54) is 5.56 Å². The third-order valence-corrected chi connectivity index (χ3v) is 4.71. The highest BCUT2D eigenvalue weighted by molar-refractivity contribution is 5.91. The normalized spacial score (nSPS) is 11.6. The molecule has 0 saturated heterocycles. The Kier molecular flexibility index (Phi) is 6.26. The van der Waals surface area contributed by atoms with E-state index < -0.39 is 0 Å². The molecule has 3 aromatic carbocycles. The Labute approximate surface area is 161 Å². The van der Waals surface area contributed by atoms with E-state index in [-0.39, 0.29) is 12.5 Å². The number of ether oxygens (including phenoxy) is 1. The summed E-state index contributed by atoms with van der Waals surface area (Å²) in [6.45, 7) is 4.35. The Balaban J connectivity index is 1.52. The number of anilines is 1. The van der Waals surface area contributed by atoms with Gasteiger partial charge in [0.1, 0.15) is 5.75 Å². The van der Waals surface area contributed by atoms with Crippen LogP contribution in [0.5, 0.6) is 5.75 Å². The lowest BCUT2D eigenvalue weighted by atomic mass is 9.99. The monoisotopic (exact) mass is 359 g/mol. The minimum Gasteiger partial charge on any atom is -0.484 e. The fraction of sp³-hybridized carbons (Fsp3) is 0.208. The quantitative estimate of drug-likeness (QED) is 0.572. The maximum atomic E-state index is 12.1. The number of nitrogens with one attached hydrogen (secondary N) is 1. The zero-order valence-corrected chi connectivity index (χ0v) is 15.8. The predicted molar refractivity (Wildman–Crippen MR) is 111 cm³/mol. The first-order valence-corrected chi connectivity index (χ1v) is 9.34. The summed E-state index contributed by atoms with van der Waals surface area (Å²) in [6.07, 6.45) is 1.10. The Bertz CT molecular complexity index is 855. The van der Waals surface area contributed by atoms with Gasteiger partial charge < -0.3 is 10.1 Å². The van der Waals surface area contributed by atoms with E-state index in [2.05, 4.69) is 43.4 Å². The summed E-state index contributed by atoms with van der Waals surface area (Å²) >= 11 is 0. The van der Waals surface area contributed by atoms with Crippen LogP contribution in [0, 0.1) is 0 Å². The molecule has 0 bridgehead atoms.